The number of rotatable bonds is 6. The van der Waals surface area contributed by atoms with E-state index >= 15 is 0 Å². The largest absolute Gasteiger partial charge is 0.355 e. The zero-order chi connectivity index (χ0) is 11.3. The van der Waals surface area contributed by atoms with Crippen molar-refractivity contribution in [2.75, 3.05) is 19.6 Å². The van der Waals surface area contributed by atoms with Crippen molar-refractivity contribution < 1.29 is 13.6 Å². The second kappa shape index (κ2) is 7.01. The van der Waals surface area contributed by atoms with E-state index in [9.17, 15) is 13.6 Å². The van der Waals surface area contributed by atoms with Crippen LogP contribution in [0.25, 0.3) is 0 Å². The van der Waals surface area contributed by atoms with E-state index in [1.807, 2.05) is 0 Å². The minimum absolute atomic E-state index is 0. The van der Waals surface area contributed by atoms with Gasteiger partial charge in [-0.1, -0.05) is 6.92 Å². The molecule has 1 fully saturated rings. The molecule has 0 radical (unpaired) electrons. The fourth-order valence-electron chi connectivity index (χ4n) is 1.57. The van der Waals surface area contributed by atoms with Crippen molar-refractivity contribution in [3.8, 4) is 0 Å². The normalized spacial score (nSPS) is 18.4. The summed E-state index contributed by atoms with van der Waals surface area (Å²) in [5, 5.41) is 5.77. The molecule has 0 spiro atoms. The Hall–Kier alpha value is -0.420. The summed E-state index contributed by atoms with van der Waals surface area (Å²) in [6, 6.07) is 0. The first-order valence-electron chi connectivity index (χ1n) is 5.41. The highest BCUT2D eigenvalue weighted by atomic mass is 35.5. The number of nitrogens with one attached hydrogen (secondary N) is 2. The molecule has 1 amide bonds. The Bertz CT molecular complexity index is 219. The summed E-state index contributed by atoms with van der Waals surface area (Å²) in [5.74, 6) is -3.33. The van der Waals surface area contributed by atoms with Gasteiger partial charge in [0.1, 0.15) is 0 Å². The second-order valence-corrected chi connectivity index (χ2v) is 4.00. The Kier molecular flexibility index (Phi) is 6.83. The van der Waals surface area contributed by atoms with Crippen LogP contribution < -0.4 is 10.6 Å². The highest BCUT2D eigenvalue weighted by molar-refractivity contribution is 5.85. The number of hydrogen-bond acceptors (Lipinski definition) is 2. The van der Waals surface area contributed by atoms with Gasteiger partial charge in [0.25, 0.3) is 0 Å². The predicted molar refractivity (Wildman–Crippen MR) is 61.1 cm³/mol. The van der Waals surface area contributed by atoms with E-state index in [2.05, 4.69) is 17.6 Å². The maximum atomic E-state index is 12.4. The van der Waals surface area contributed by atoms with Crippen LogP contribution in [-0.2, 0) is 4.79 Å². The third kappa shape index (κ3) is 5.07. The van der Waals surface area contributed by atoms with Gasteiger partial charge in [-0.25, -0.2) is 8.78 Å². The fourth-order valence-corrected chi connectivity index (χ4v) is 1.57. The van der Waals surface area contributed by atoms with Gasteiger partial charge < -0.3 is 10.6 Å². The number of carbonyl (C=O) groups excluding carboxylic acids is 1. The molecule has 1 aliphatic rings. The molecule has 96 valence electrons. The number of alkyl halides is 2. The molecule has 0 aromatic heterocycles. The van der Waals surface area contributed by atoms with Gasteiger partial charge in [0.15, 0.2) is 0 Å². The molecular formula is C10H19ClF2N2O. The molecule has 0 heterocycles. The number of amides is 1. The molecule has 0 aromatic carbocycles. The molecule has 6 heteroatoms. The van der Waals surface area contributed by atoms with E-state index in [-0.39, 0.29) is 31.2 Å². The van der Waals surface area contributed by atoms with Crippen molar-refractivity contribution in [1.82, 2.24) is 10.6 Å². The maximum Gasteiger partial charge on any atom is 0.249 e. The molecule has 2 N–H and O–H groups in total. The van der Waals surface area contributed by atoms with Gasteiger partial charge in [0, 0.05) is 31.8 Å². The first-order valence-corrected chi connectivity index (χ1v) is 5.41. The van der Waals surface area contributed by atoms with Gasteiger partial charge in [0.2, 0.25) is 11.8 Å². The van der Waals surface area contributed by atoms with Crippen molar-refractivity contribution in [3.63, 3.8) is 0 Å². The first kappa shape index (κ1) is 15.6. The third-order valence-electron chi connectivity index (χ3n) is 2.49. The van der Waals surface area contributed by atoms with E-state index < -0.39 is 11.8 Å². The highest BCUT2D eigenvalue weighted by Crippen LogP contribution is 2.42. The van der Waals surface area contributed by atoms with Crippen LogP contribution in [0, 0.1) is 5.92 Å². The zero-order valence-corrected chi connectivity index (χ0v) is 10.2. The molecule has 0 bridgehead atoms. The highest BCUT2D eigenvalue weighted by Gasteiger charge is 2.48. The molecule has 3 nitrogen and oxygen atoms in total. The molecule has 0 unspecified atom stereocenters. The standard InChI is InChI=1S/C10H18F2N2O.ClH/c1-2-3-13-4-5-14-9(15)8-6-10(11,12)7-8;/h8,13H,2-7H2,1H3,(H,14,15);1H. The van der Waals surface area contributed by atoms with Gasteiger partial charge in [-0.2, -0.15) is 0 Å². The molecule has 1 saturated carbocycles. The lowest BCUT2D eigenvalue weighted by molar-refractivity contribution is -0.150. The average Bonchev–Trinajstić information content (AvgIpc) is 2.13. The molecule has 1 aliphatic carbocycles. The summed E-state index contributed by atoms with van der Waals surface area (Å²) in [5.41, 5.74) is 0. The van der Waals surface area contributed by atoms with E-state index in [0.29, 0.717) is 13.1 Å². The van der Waals surface area contributed by atoms with Crippen LogP contribution in [0.1, 0.15) is 26.2 Å². The smallest absolute Gasteiger partial charge is 0.249 e. The first-order chi connectivity index (χ1) is 7.05. The number of hydrogen-bond donors (Lipinski definition) is 2. The lowest BCUT2D eigenvalue weighted by Crippen LogP contribution is -2.46. The quantitative estimate of drug-likeness (QED) is 0.709. The van der Waals surface area contributed by atoms with Crippen LogP contribution in [0.15, 0.2) is 0 Å². The van der Waals surface area contributed by atoms with Gasteiger partial charge in [-0.3, -0.25) is 4.79 Å². The average molecular weight is 257 g/mol. The molecule has 0 aromatic rings. The Balaban J connectivity index is 0.00000225. The molecule has 1 rings (SSSR count). The van der Waals surface area contributed by atoms with Gasteiger partial charge in [-0.05, 0) is 13.0 Å². The zero-order valence-electron chi connectivity index (χ0n) is 9.39. The topological polar surface area (TPSA) is 41.1 Å². The fraction of sp³-hybridized carbons (Fsp3) is 0.900. The monoisotopic (exact) mass is 256 g/mol. The van der Waals surface area contributed by atoms with E-state index in [4.69, 9.17) is 0 Å². The van der Waals surface area contributed by atoms with Crippen molar-refractivity contribution >= 4 is 18.3 Å². The van der Waals surface area contributed by atoms with Crippen LogP contribution in [-0.4, -0.2) is 31.5 Å². The Labute approximate surface area is 101 Å². The van der Waals surface area contributed by atoms with Gasteiger partial charge in [0.05, 0.1) is 0 Å². The van der Waals surface area contributed by atoms with Crippen LogP contribution in [0.2, 0.25) is 0 Å². The Morgan fingerprint density at radius 3 is 2.44 bits per heavy atom. The second-order valence-electron chi connectivity index (χ2n) is 4.00. The molecular weight excluding hydrogens is 238 g/mol. The third-order valence-corrected chi connectivity index (χ3v) is 2.49. The summed E-state index contributed by atoms with van der Waals surface area (Å²) in [6.07, 6.45) is 0.464. The molecule has 16 heavy (non-hydrogen) atoms. The van der Waals surface area contributed by atoms with E-state index in [1.54, 1.807) is 0 Å². The summed E-state index contributed by atoms with van der Waals surface area (Å²) >= 11 is 0. The number of carbonyl (C=O) groups is 1. The SMILES string of the molecule is CCCNCCNC(=O)C1CC(F)(F)C1.Cl. The molecule has 0 atom stereocenters. The van der Waals surface area contributed by atoms with E-state index in [0.717, 1.165) is 13.0 Å². The van der Waals surface area contributed by atoms with E-state index in [1.165, 1.54) is 0 Å². The maximum absolute atomic E-state index is 12.4. The van der Waals surface area contributed by atoms with Crippen LogP contribution in [0.4, 0.5) is 8.78 Å². The van der Waals surface area contributed by atoms with Crippen molar-refractivity contribution in [2.24, 2.45) is 5.92 Å². The summed E-state index contributed by atoms with van der Waals surface area (Å²) in [6.45, 7) is 4.18. The molecule has 0 saturated heterocycles. The predicted octanol–water partition coefficient (Wildman–Crippen LogP) is 1.57. The Morgan fingerprint density at radius 1 is 1.31 bits per heavy atom. The summed E-state index contributed by atoms with van der Waals surface area (Å²) in [4.78, 5) is 11.3. The van der Waals surface area contributed by atoms with Crippen LogP contribution >= 0.6 is 12.4 Å². The number of halogens is 3. The van der Waals surface area contributed by atoms with Crippen molar-refractivity contribution in [2.45, 2.75) is 32.1 Å². The lowest BCUT2D eigenvalue weighted by atomic mass is 9.81. The minimum Gasteiger partial charge on any atom is -0.355 e. The van der Waals surface area contributed by atoms with Crippen molar-refractivity contribution in [1.29, 1.82) is 0 Å². The van der Waals surface area contributed by atoms with Crippen molar-refractivity contribution in [3.05, 3.63) is 0 Å². The van der Waals surface area contributed by atoms with Crippen LogP contribution in [0.3, 0.4) is 0 Å². The molecule has 0 aliphatic heterocycles. The van der Waals surface area contributed by atoms with Gasteiger partial charge in [-0.15, -0.1) is 12.4 Å². The van der Waals surface area contributed by atoms with Gasteiger partial charge >= 0.3 is 0 Å². The van der Waals surface area contributed by atoms with Crippen LogP contribution in [0.5, 0.6) is 0 Å². The Morgan fingerprint density at radius 2 is 1.94 bits per heavy atom. The summed E-state index contributed by atoms with van der Waals surface area (Å²) < 4.78 is 24.9. The lowest BCUT2D eigenvalue weighted by Gasteiger charge is -2.33. The minimum atomic E-state index is -2.61. The summed E-state index contributed by atoms with van der Waals surface area (Å²) in [7, 11) is 0.